The van der Waals surface area contributed by atoms with Crippen LogP contribution in [0.2, 0.25) is 0 Å². The zero-order valence-corrected chi connectivity index (χ0v) is 12.7. The van der Waals surface area contributed by atoms with E-state index in [1.54, 1.807) is 31.4 Å². The molecule has 1 aromatic rings. The molecule has 0 spiro atoms. The van der Waals surface area contributed by atoms with Gasteiger partial charge in [-0.25, -0.2) is 4.79 Å². The average Bonchev–Trinajstić information content (AvgIpc) is 2.49. The van der Waals surface area contributed by atoms with Gasteiger partial charge < -0.3 is 21.1 Å². The van der Waals surface area contributed by atoms with Gasteiger partial charge in [0.2, 0.25) is 5.91 Å². The van der Waals surface area contributed by atoms with Gasteiger partial charge in [0.1, 0.15) is 5.75 Å². The number of nitrogens with one attached hydrogen (secondary N) is 2. The molecule has 0 unspecified atom stereocenters. The predicted molar refractivity (Wildman–Crippen MR) is 83.8 cm³/mol. The number of nitrogens with two attached hydrogens (primary N) is 1. The molecule has 1 aromatic carbocycles. The first kappa shape index (κ1) is 16.1. The van der Waals surface area contributed by atoms with E-state index < -0.39 is 0 Å². The maximum Gasteiger partial charge on any atom is 0.319 e. The van der Waals surface area contributed by atoms with Crippen molar-refractivity contribution in [1.82, 2.24) is 10.2 Å². The largest absolute Gasteiger partial charge is 0.497 e. The number of likely N-dealkylation sites (tertiary alicyclic amines) is 1. The molecule has 0 aromatic heterocycles. The maximum absolute atomic E-state index is 12.0. The highest BCUT2D eigenvalue weighted by Gasteiger charge is 2.21. The van der Waals surface area contributed by atoms with Crippen molar-refractivity contribution in [2.45, 2.75) is 18.9 Å². The summed E-state index contributed by atoms with van der Waals surface area (Å²) in [6.45, 7) is 1.80. The number of rotatable bonds is 5. The van der Waals surface area contributed by atoms with E-state index in [9.17, 15) is 9.59 Å². The molecule has 1 fully saturated rings. The monoisotopic (exact) mass is 306 g/mol. The molecule has 120 valence electrons. The number of carbonyl (C=O) groups is 2. The molecule has 1 aliphatic rings. The third-order valence-corrected chi connectivity index (χ3v) is 3.65. The van der Waals surface area contributed by atoms with Gasteiger partial charge in [0.05, 0.1) is 13.7 Å². The van der Waals surface area contributed by atoms with Gasteiger partial charge >= 0.3 is 6.03 Å². The molecule has 0 aliphatic carbocycles. The number of benzene rings is 1. The van der Waals surface area contributed by atoms with Gasteiger partial charge in [0, 0.05) is 24.8 Å². The molecule has 0 bridgehead atoms. The van der Waals surface area contributed by atoms with Crippen LogP contribution in [-0.2, 0) is 4.79 Å². The standard InChI is InChI=1S/C15H22N4O3/c1-22-13-4-2-11(3-5-13)17-15(21)18-12-6-8-19(9-7-12)10-14(16)20/h2-5,12H,6-10H2,1H3,(H2,16,20)(H2,17,18,21). The Bertz CT molecular complexity index is 510. The molecule has 0 radical (unpaired) electrons. The van der Waals surface area contributed by atoms with E-state index in [1.807, 2.05) is 4.90 Å². The Hall–Kier alpha value is -2.28. The van der Waals surface area contributed by atoms with Crippen LogP contribution in [0, 0.1) is 0 Å². The maximum atomic E-state index is 12.0. The third kappa shape index (κ3) is 4.92. The Balaban J connectivity index is 1.74. The molecule has 1 saturated heterocycles. The van der Waals surface area contributed by atoms with Crippen molar-refractivity contribution >= 4 is 17.6 Å². The Morgan fingerprint density at radius 2 is 1.91 bits per heavy atom. The van der Waals surface area contributed by atoms with Crippen molar-refractivity contribution in [3.8, 4) is 5.75 Å². The Morgan fingerprint density at radius 3 is 2.45 bits per heavy atom. The average molecular weight is 306 g/mol. The lowest BCUT2D eigenvalue weighted by Gasteiger charge is -2.31. The van der Waals surface area contributed by atoms with Crippen LogP contribution < -0.4 is 21.1 Å². The van der Waals surface area contributed by atoms with Crippen molar-refractivity contribution < 1.29 is 14.3 Å². The number of anilines is 1. The first-order chi connectivity index (χ1) is 10.6. The Kier molecular flexibility index (Phi) is 5.60. The van der Waals surface area contributed by atoms with Crippen molar-refractivity contribution in [3.05, 3.63) is 24.3 Å². The summed E-state index contributed by atoms with van der Waals surface area (Å²) >= 11 is 0. The minimum atomic E-state index is -0.316. The van der Waals surface area contributed by atoms with Crippen LogP contribution in [-0.4, -0.2) is 49.6 Å². The summed E-state index contributed by atoms with van der Waals surface area (Å²) in [6.07, 6.45) is 1.62. The Labute approximate surface area is 129 Å². The number of primary amides is 1. The first-order valence-electron chi connectivity index (χ1n) is 7.29. The highest BCUT2D eigenvalue weighted by molar-refractivity contribution is 5.89. The number of ether oxygens (including phenoxy) is 1. The summed E-state index contributed by atoms with van der Waals surface area (Å²) < 4.78 is 5.07. The van der Waals surface area contributed by atoms with Gasteiger partial charge in [-0.3, -0.25) is 9.69 Å². The van der Waals surface area contributed by atoms with E-state index in [0.29, 0.717) is 5.69 Å². The van der Waals surface area contributed by atoms with Crippen molar-refractivity contribution in [3.63, 3.8) is 0 Å². The van der Waals surface area contributed by atoms with Crippen LogP contribution in [0.25, 0.3) is 0 Å². The summed E-state index contributed by atoms with van der Waals surface area (Å²) in [5.41, 5.74) is 5.89. The minimum absolute atomic E-state index is 0.113. The summed E-state index contributed by atoms with van der Waals surface area (Å²) in [5, 5.41) is 5.74. The second-order valence-electron chi connectivity index (χ2n) is 5.34. The summed E-state index contributed by atoms with van der Waals surface area (Å²) in [7, 11) is 1.60. The minimum Gasteiger partial charge on any atom is -0.497 e. The van der Waals surface area contributed by atoms with E-state index in [1.165, 1.54) is 0 Å². The molecular weight excluding hydrogens is 284 g/mol. The molecule has 2 rings (SSSR count). The molecule has 4 N–H and O–H groups in total. The number of urea groups is 1. The number of hydrogen-bond acceptors (Lipinski definition) is 4. The SMILES string of the molecule is COc1ccc(NC(=O)NC2CCN(CC(N)=O)CC2)cc1. The van der Waals surface area contributed by atoms with E-state index in [4.69, 9.17) is 10.5 Å². The molecule has 1 aliphatic heterocycles. The number of amides is 3. The predicted octanol–water partition coefficient (Wildman–Crippen LogP) is 0.766. The van der Waals surface area contributed by atoms with Crippen LogP contribution in [0.5, 0.6) is 5.75 Å². The second kappa shape index (κ2) is 7.65. The first-order valence-corrected chi connectivity index (χ1v) is 7.29. The van der Waals surface area contributed by atoms with Gasteiger partial charge in [-0.05, 0) is 37.1 Å². The fraction of sp³-hybridized carbons (Fsp3) is 0.467. The number of carbonyl (C=O) groups excluding carboxylic acids is 2. The van der Waals surface area contributed by atoms with E-state index in [-0.39, 0.29) is 24.5 Å². The highest BCUT2D eigenvalue weighted by Crippen LogP contribution is 2.15. The van der Waals surface area contributed by atoms with Crippen LogP contribution in [0.15, 0.2) is 24.3 Å². The number of hydrogen-bond donors (Lipinski definition) is 3. The molecular formula is C15H22N4O3. The highest BCUT2D eigenvalue weighted by atomic mass is 16.5. The van der Waals surface area contributed by atoms with Crippen LogP contribution in [0.3, 0.4) is 0 Å². The number of piperidine rings is 1. The van der Waals surface area contributed by atoms with E-state index >= 15 is 0 Å². The fourth-order valence-corrected chi connectivity index (χ4v) is 2.48. The third-order valence-electron chi connectivity index (χ3n) is 3.65. The lowest BCUT2D eigenvalue weighted by atomic mass is 10.1. The van der Waals surface area contributed by atoms with E-state index in [2.05, 4.69) is 10.6 Å². The van der Waals surface area contributed by atoms with Crippen LogP contribution >= 0.6 is 0 Å². The van der Waals surface area contributed by atoms with Gasteiger partial charge in [0.15, 0.2) is 0 Å². The van der Waals surface area contributed by atoms with Crippen molar-refractivity contribution in [2.75, 3.05) is 32.1 Å². The normalized spacial score (nSPS) is 16.0. The van der Waals surface area contributed by atoms with Crippen LogP contribution in [0.1, 0.15) is 12.8 Å². The molecule has 7 nitrogen and oxygen atoms in total. The number of methoxy groups -OCH3 is 1. The summed E-state index contributed by atoms with van der Waals surface area (Å²) in [4.78, 5) is 24.8. The molecule has 22 heavy (non-hydrogen) atoms. The quantitative estimate of drug-likeness (QED) is 0.748. The molecule has 7 heteroatoms. The molecule has 0 saturated carbocycles. The van der Waals surface area contributed by atoms with Gasteiger partial charge in [-0.2, -0.15) is 0 Å². The van der Waals surface area contributed by atoms with Gasteiger partial charge in [-0.1, -0.05) is 0 Å². The molecule has 3 amide bonds. The zero-order chi connectivity index (χ0) is 15.9. The zero-order valence-electron chi connectivity index (χ0n) is 12.7. The van der Waals surface area contributed by atoms with Crippen molar-refractivity contribution in [2.24, 2.45) is 5.73 Å². The molecule has 1 heterocycles. The number of nitrogens with zero attached hydrogens (tertiary/aromatic N) is 1. The molecule has 0 atom stereocenters. The lowest BCUT2D eigenvalue weighted by molar-refractivity contribution is -0.119. The van der Waals surface area contributed by atoms with Crippen molar-refractivity contribution in [1.29, 1.82) is 0 Å². The van der Waals surface area contributed by atoms with E-state index in [0.717, 1.165) is 31.7 Å². The smallest absolute Gasteiger partial charge is 0.319 e. The second-order valence-corrected chi connectivity index (χ2v) is 5.34. The lowest BCUT2D eigenvalue weighted by Crippen LogP contribution is -2.47. The van der Waals surface area contributed by atoms with Gasteiger partial charge in [0.25, 0.3) is 0 Å². The van der Waals surface area contributed by atoms with Gasteiger partial charge in [-0.15, -0.1) is 0 Å². The topological polar surface area (TPSA) is 96.7 Å². The Morgan fingerprint density at radius 1 is 1.27 bits per heavy atom. The fourth-order valence-electron chi connectivity index (χ4n) is 2.48. The summed E-state index contributed by atoms with van der Waals surface area (Å²) in [6, 6.07) is 7.04. The van der Waals surface area contributed by atoms with Crippen LogP contribution in [0.4, 0.5) is 10.5 Å². The summed E-state index contributed by atoms with van der Waals surface area (Å²) in [5.74, 6) is 0.427.